The van der Waals surface area contributed by atoms with Crippen molar-refractivity contribution in [3.05, 3.63) is 22.2 Å². The van der Waals surface area contributed by atoms with E-state index in [2.05, 4.69) is 21.2 Å². The Bertz CT molecular complexity index is 576. The van der Waals surface area contributed by atoms with Crippen molar-refractivity contribution in [2.45, 2.75) is 33.2 Å². The smallest absolute Gasteiger partial charge is 0.308 e. The molecule has 1 amide bonds. The van der Waals surface area contributed by atoms with Gasteiger partial charge in [0.05, 0.1) is 24.1 Å². The summed E-state index contributed by atoms with van der Waals surface area (Å²) in [6.45, 7) is 5.73. The predicted octanol–water partition coefficient (Wildman–Crippen LogP) is 3.09. The summed E-state index contributed by atoms with van der Waals surface area (Å²) in [6.07, 6.45) is 0.850. The van der Waals surface area contributed by atoms with E-state index in [-0.39, 0.29) is 5.91 Å². The summed E-state index contributed by atoms with van der Waals surface area (Å²) in [4.78, 5) is 23.3. The lowest BCUT2D eigenvalue weighted by Gasteiger charge is -2.19. The summed E-state index contributed by atoms with van der Waals surface area (Å²) >= 11 is 3.38. The Kier molecular flexibility index (Phi) is 7.35. The molecule has 0 fully saturated rings. The number of nitrogens with one attached hydrogen (secondary N) is 1. The minimum absolute atomic E-state index is 0.363. The maximum absolute atomic E-state index is 12.3. The van der Waals surface area contributed by atoms with Gasteiger partial charge < -0.3 is 19.9 Å². The molecule has 1 rings (SSSR count). The maximum atomic E-state index is 12.3. The fraction of sp³-hybridized carbons (Fsp3) is 0.500. The number of methoxy groups -OCH3 is 1. The van der Waals surface area contributed by atoms with Gasteiger partial charge in [0, 0.05) is 11.6 Å². The minimum atomic E-state index is -0.958. The number of carbonyl (C=O) groups is 2. The van der Waals surface area contributed by atoms with Crippen LogP contribution in [0.1, 0.15) is 37.6 Å². The van der Waals surface area contributed by atoms with Crippen LogP contribution in [-0.4, -0.2) is 36.7 Å². The molecule has 0 saturated carbocycles. The van der Waals surface area contributed by atoms with Crippen LogP contribution in [0.4, 0.5) is 0 Å². The number of rotatable bonds is 8. The number of halogens is 1. The third-order valence-electron chi connectivity index (χ3n) is 3.44. The number of hydrogen-bond donors (Lipinski definition) is 2. The number of ether oxygens (including phenoxy) is 2. The Hall–Kier alpha value is -1.76. The highest BCUT2D eigenvalue weighted by molar-refractivity contribution is 9.10. The number of hydrogen-bond acceptors (Lipinski definition) is 4. The molecule has 0 saturated heterocycles. The number of carboxylic acids is 1. The molecule has 2 N–H and O–H groups in total. The van der Waals surface area contributed by atoms with Crippen molar-refractivity contribution in [2.24, 2.45) is 5.92 Å². The highest BCUT2D eigenvalue weighted by atomic mass is 79.9. The van der Waals surface area contributed by atoms with Crippen molar-refractivity contribution in [3.8, 4) is 11.5 Å². The van der Waals surface area contributed by atoms with Crippen LogP contribution in [0.5, 0.6) is 11.5 Å². The van der Waals surface area contributed by atoms with Gasteiger partial charge in [-0.3, -0.25) is 9.59 Å². The zero-order chi connectivity index (χ0) is 17.6. The van der Waals surface area contributed by atoms with Crippen LogP contribution < -0.4 is 14.8 Å². The molecule has 0 radical (unpaired) electrons. The zero-order valence-electron chi connectivity index (χ0n) is 13.7. The quantitative estimate of drug-likeness (QED) is 0.715. The summed E-state index contributed by atoms with van der Waals surface area (Å²) in [5, 5.41) is 11.7. The van der Waals surface area contributed by atoms with E-state index in [0.717, 1.165) is 6.42 Å². The van der Waals surface area contributed by atoms with Crippen LogP contribution in [0.25, 0.3) is 0 Å². The molecule has 1 aromatic carbocycles. The van der Waals surface area contributed by atoms with Crippen molar-refractivity contribution < 1.29 is 24.2 Å². The fourth-order valence-electron chi connectivity index (χ4n) is 1.82. The Morgan fingerprint density at radius 2 is 2.00 bits per heavy atom. The summed E-state index contributed by atoms with van der Waals surface area (Å²) in [5.74, 6) is -1.03. The second kappa shape index (κ2) is 8.76. The van der Waals surface area contributed by atoms with E-state index in [9.17, 15) is 9.59 Å². The van der Waals surface area contributed by atoms with E-state index in [1.165, 1.54) is 7.11 Å². The standard InChI is InChI=1S/C16H22BrNO5/c1-5-6-23-14-12(17)7-11(8-13(14)22-4)15(19)18-10(3)9(2)16(20)21/h7-10H,5-6H2,1-4H3,(H,18,19)(H,20,21). The summed E-state index contributed by atoms with van der Waals surface area (Å²) in [7, 11) is 1.50. The second-order valence-corrected chi connectivity index (χ2v) is 6.08. The van der Waals surface area contributed by atoms with Gasteiger partial charge in [-0.25, -0.2) is 0 Å². The Balaban J connectivity index is 2.98. The topological polar surface area (TPSA) is 84.9 Å². The molecule has 0 aliphatic rings. The van der Waals surface area contributed by atoms with Gasteiger partial charge in [-0.15, -0.1) is 0 Å². The average Bonchev–Trinajstić information content (AvgIpc) is 2.51. The third-order valence-corrected chi connectivity index (χ3v) is 4.03. The average molecular weight is 388 g/mol. The van der Waals surface area contributed by atoms with Crippen molar-refractivity contribution in [1.82, 2.24) is 5.32 Å². The van der Waals surface area contributed by atoms with Crippen molar-refractivity contribution in [1.29, 1.82) is 0 Å². The maximum Gasteiger partial charge on any atom is 0.308 e. The SMILES string of the molecule is CCCOc1c(Br)cc(C(=O)NC(C)C(C)C(=O)O)cc1OC. The molecule has 0 heterocycles. The van der Waals surface area contributed by atoms with Gasteiger partial charge in [0.15, 0.2) is 11.5 Å². The Morgan fingerprint density at radius 1 is 1.35 bits per heavy atom. The zero-order valence-corrected chi connectivity index (χ0v) is 15.3. The second-order valence-electron chi connectivity index (χ2n) is 5.23. The van der Waals surface area contributed by atoms with Crippen LogP contribution in [-0.2, 0) is 4.79 Å². The first kappa shape index (κ1) is 19.3. The fourth-order valence-corrected chi connectivity index (χ4v) is 2.38. The molecule has 0 aliphatic carbocycles. The molecule has 23 heavy (non-hydrogen) atoms. The van der Waals surface area contributed by atoms with Crippen molar-refractivity contribution in [2.75, 3.05) is 13.7 Å². The molecule has 2 unspecified atom stereocenters. The van der Waals surface area contributed by atoms with Crippen molar-refractivity contribution >= 4 is 27.8 Å². The normalized spacial score (nSPS) is 13.1. The number of amides is 1. The molecule has 6 nitrogen and oxygen atoms in total. The number of carboxylic acid groups (broad SMARTS) is 1. The molecule has 128 valence electrons. The first-order valence-electron chi connectivity index (χ1n) is 7.35. The van der Waals surface area contributed by atoms with Crippen LogP contribution >= 0.6 is 15.9 Å². The Labute approximate surface area is 144 Å². The minimum Gasteiger partial charge on any atom is -0.493 e. The van der Waals surface area contributed by atoms with Gasteiger partial charge >= 0.3 is 5.97 Å². The number of benzene rings is 1. The van der Waals surface area contributed by atoms with E-state index in [1.807, 2.05) is 6.92 Å². The van der Waals surface area contributed by atoms with Gasteiger partial charge in [0.2, 0.25) is 0 Å². The van der Waals surface area contributed by atoms with Crippen LogP contribution in [0.2, 0.25) is 0 Å². The van der Waals surface area contributed by atoms with Crippen molar-refractivity contribution in [3.63, 3.8) is 0 Å². The van der Waals surface area contributed by atoms with E-state index in [4.69, 9.17) is 14.6 Å². The summed E-state index contributed by atoms with van der Waals surface area (Å²) in [5.41, 5.74) is 0.363. The van der Waals surface area contributed by atoms with Crippen LogP contribution in [0.15, 0.2) is 16.6 Å². The molecule has 1 aromatic rings. The first-order chi connectivity index (χ1) is 10.8. The van der Waals surface area contributed by atoms with Crippen LogP contribution in [0.3, 0.4) is 0 Å². The number of aliphatic carboxylic acids is 1. The van der Waals surface area contributed by atoms with Crippen LogP contribution in [0, 0.1) is 5.92 Å². The van der Waals surface area contributed by atoms with Gasteiger partial charge in [-0.2, -0.15) is 0 Å². The largest absolute Gasteiger partial charge is 0.493 e. The molecule has 0 aromatic heterocycles. The lowest BCUT2D eigenvalue weighted by Crippen LogP contribution is -2.40. The van der Waals surface area contributed by atoms with E-state index >= 15 is 0 Å². The number of carbonyl (C=O) groups excluding carboxylic acids is 1. The van der Waals surface area contributed by atoms with Gasteiger partial charge in [-0.1, -0.05) is 6.92 Å². The van der Waals surface area contributed by atoms with Gasteiger partial charge in [0.25, 0.3) is 5.91 Å². The van der Waals surface area contributed by atoms with Gasteiger partial charge in [-0.05, 0) is 48.3 Å². The molecular formula is C16H22BrNO5. The molecule has 0 bridgehead atoms. The Morgan fingerprint density at radius 3 is 2.52 bits per heavy atom. The monoisotopic (exact) mass is 387 g/mol. The van der Waals surface area contributed by atoms with E-state index in [0.29, 0.717) is 28.1 Å². The highest BCUT2D eigenvalue weighted by Crippen LogP contribution is 2.36. The van der Waals surface area contributed by atoms with E-state index < -0.39 is 17.9 Å². The molecular weight excluding hydrogens is 366 g/mol. The summed E-state index contributed by atoms with van der Waals surface area (Å²) in [6, 6.07) is 2.70. The first-order valence-corrected chi connectivity index (χ1v) is 8.15. The molecule has 0 aliphatic heterocycles. The summed E-state index contributed by atoms with van der Waals surface area (Å²) < 4.78 is 11.5. The van der Waals surface area contributed by atoms with E-state index in [1.54, 1.807) is 26.0 Å². The lowest BCUT2D eigenvalue weighted by molar-refractivity contribution is -0.141. The molecule has 7 heteroatoms. The third kappa shape index (κ3) is 5.13. The van der Waals surface area contributed by atoms with Gasteiger partial charge in [0.1, 0.15) is 0 Å². The molecule has 2 atom stereocenters. The lowest BCUT2D eigenvalue weighted by atomic mass is 10.0. The predicted molar refractivity (Wildman–Crippen MR) is 90.2 cm³/mol. The highest BCUT2D eigenvalue weighted by Gasteiger charge is 2.22. The molecule has 0 spiro atoms.